The summed E-state index contributed by atoms with van der Waals surface area (Å²) >= 11 is 0. The minimum Gasteiger partial charge on any atom is -0.481 e. The van der Waals surface area contributed by atoms with Crippen LogP contribution in [0.5, 0.6) is 0 Å². The first-order chi connectivity index (χ1) is 16.2. The van der Waals surface area contributed by atoms with Crippen molar-refractivity contribution in [1.29, 1.82) is 0 Å². The first-order valence-electron chi connectivity index (χ1n) is 11.2. The van der Waals surface area contributed by atoms with Crippen LogP contribution in [0, 0.1) is 5.92 Å². The number of fused-ring (bicyclic) bond motifs is 3. The second-order valence-corrected chi connectivity index (χ2v) is 9.01. The van der Waals surface area contributed by atoms with Gasteiger partial charge in [-0.3, -0.25) is 9.59 Å². The summed E-state index contributed by atoms with van der Waals surface area (Å²) in [5.74, 6) is -2.36. The van der Waals surface area contributed by atoms with Crippen molar-refractivity contribution in [2.45, 2.75) is 30.9 Å². The Hall–Kier alpha value is -3.43. The Balaban J connectivity index is 1.32. The minimum absolute atomic E-state index is 0.0754. The lowest BCUT2D eigenvalue weighted by molar-refractivity contribution is -0.142. The summed E-state index contributed by atoms with van der Waals surface area (Å²) in [7, 11) is 0. The smallest absolute Gasteiger partial charge is 0.407 e. The van der Waals surface area contributed by atoms with Gasteiger partial charge in [-0.05, 0) is 29.2 Å². The molecule has 3 unspecified atom stereocenters. The van der Waals surface area contributed by atoms with Gasteiger partial charge in [0.05, 0.1) is 37.2 Å². The molecule has 2 aliphatic rings. The van der Waals surface area contributed by atoms with Crippen molar-refractivity contribution >= 4 is 18.0 Å². The van der Waals surface area contributed by atoms with Gasteiger partial charge >= 0.3 is 12.1 Å². The zero-order chi connectivity index (χ0) is 24.3. The number of carbonyl (C=O) groups excluding carboxylic acids is 2. The third-order valence-corrected chi connectivity index (χ3v) is 6.24. The van der Waals surface area contributed by atoms with E-state index in [4.69, 9.17) is 14.6 Å². The zero-order valence-corrected chi connectivity index (χ0v) is 18.8. The molecule has 0 saturated carbocycles. The molecule has 4 N–H and O–H groups in total. The molecule has 2 amide bonds. The molecule has 1 saturated heterocycles. The van der Waals surface area contributed by atoms with Crippen LogP contribution in [0.1, 0.15) is 30.4 Å². The van der Waals surface area contributed by atoms with Gasteiger partial charge in [0, 0.05) is 12.5 Å². The van der Waals surface area contributed by atoms with Crippen LogP contribution in [-0.2, 0) is 19.1 Å². The lowest BCUT2D eigenvalue weighted by Crippen LogP contribution is -2.49. The molecule has 180 valence electrons. The van der Waals surface area contributed by atoms with Crippen LogP contribution in [0.25, 0.3) is 11.1 Å². The van der Waals surface area contributed by atoms with E-state index in [0.29, 0.717) is 0 Å². The van der Waals surface area contributed by atoms with Crippen LogP contribution in [0.4, 0.5) is 4.79 Å². The number of benzene rings is 2. The maximum absolute atomic E-state index is 12.6. The highest BCUT2D eigenvalue weighted by molar-refractivity contribution is 5.81. The van der Waals surface area contributed by atoms with E-state index in [-0.39, 0.29) is 32.3 Å². The first kappa shape index (κ1) is 23.7. The van der Waals surface area contributed by atoms with E-state index < -0.39 is 42.0 Å². The van der Waals surface area contributed by atoms with Crippen LogP contribution in [-0.4, -0.2) is 66.2 Å². The zero-order valence-electron chi connectivity index (χ0n) is 18.8. The summed E-state index contributed by atoms with van der Waals surface area (Å²) in [6.45, 7) is 1.50. The maximum atomic E-state index is 12.6. The van der Waals surface area contributed by atoms with Gasteiger partial charge in [-0.25, -0.2) is 4.79 Å². The molecule has 0 radical (unpaired) electrons. The van der Waals surface area contributed by atoms with E-state index in [0.717, 1.165) is 22.3 Å². The highest BCUT2D eigenvalue weighted by Crippen LogP contribution is 2.44. The fraction of sp³-hybridized carbons (Fsp3) is 0.400. The summed E-state index contributed by atoms with van der Waals surface area (Å²) in [5.41, 5.74) is 2.88. The summed E-state index contributed by atoms with van der Waals surface area (Å²) in [6.07, 6.45) is -1.15. The summed E-state index contributed by atoms with van der Waals surface area (Å²) in [4.78, 5) is 36.0. The maximum Gasteiger partial charge on any atom is 0.407 e. The molecule has 3 atom stereocenters. The second kappa shape index (κ2) is 9.82. The number of alkyl carbamates (subject to hydrolysis) is 1. The third-order valence-electron chi connectivity index (χ3n) is 6.24. The molecular formula is C25H28N2O7. The number of hydrogen-bond donors (Lipinski definition) is 4. The molecule has 1 aliphatic carbocycles. The Bertz CT molecular complexity index is 1040. The number of aliphatic carboxylic acids is 1. The molecule has 0 aromatic heterocycles. The van der Waals surface area contributed by atoms with Gasteiger partial charge in [0.25, 0.3) is 0 Å². The monoisotopic (exact) mass is 468 g/mol. The summed E-state index contributed by atoms with van der Waals surface area (Å²) in [6, 6.07) is 15.5. The van der Waals surface area contributed by atoms with Crippen LogP contribution >= 0.6 is 0 Å². The lowest BCUT2D eigenvalue weighted by Gasteiger charge is -2.24. The van der Waals surface area contributed by atoms with Crippen molar-refractivity contribution in [2.75, 3.05) is 26.4 Å². The normalized spacial score (nSPS) is 20.6. The topological polar surface area (TPSA) is 134 Å². The molecule has 4 rings (SSSR count). The number of carboxylic acids is 1. The molecule has 0 spiro atoms. The van der Waals surface area contributed by atoms with Gasteiger partial charge in [-0.1, -0.05) is 48.5 Å². The Labute approximate surface area is 197 Å². The highest BCUT2D eigenvalue weighted by atomic mass is 16.5. The number of nitrogens with one attached hydrogen (secondary N) is 2. The molecule has 0 bridgehead atoms. The van der Waals surface area contributed by atoms with E-state index >= 15 is 0 Å². The number of amides is 2. The van der Waals surface area contributed by atoms with Gasteiger partial charge in [0.15, 0.2) is 0 Å². The van der Waals surface area contributed by atoms with Crippen LogP contribution < -0.4 is 10.6 Å². The quantitative estimate of drug-likeness (QED) is 0.465. The average Bonchev–Trinajstić information content (AvgIpc) is 3.38. The first-order valence-corrected chi connectivity index (χ1v) is 11.2. The highest BCUT2D eigenvalue weighted by Gasteiger charge is 2.37. The summed E-state index contributed by atoms with van der Waals surface area (Å²) < 4.78 is 10.9. The fourth-order valence-corrected chi connectivity index (χ4v) is 4.54. The molecule has 9 nitrogen and oxygen atoms in total. The Morgan fingerprint density at radius 3 is 2.29 bits per heavy atom. The number of rotatable bonds is 8. The number of aliphatic hydroxyl groups is 1. The molecule has 9 heteroatoms. The molecule has 1 aliphatic heterocycles. The van der Waals surface area contributed by atoms with E-state index in [1.165, 1.54) is 6.92 Å². The molecule has 2 aromatic carbocycles. The van der Waals surface area contributed by atoms with Crippen molar-refractivity contribution in [3.63, 3.8) is 0 Å². The van der Waals surface area contributed by atoms with Gasteiger partial charge in [0.2, 0.25) is 5.91 Å². The van der Waals surface area contributed by atoms with Gasteiger partial charge < -0.3 is 30.3 Å². The Kier molecular flexibility index (Phi) is 6.85. The van der Waals surface area contributed by atoms with Crippen LogP contribution in [0.2, 0.25) is 0 Å². The number of carboxylic acid groups (broad SMARTS) is 1. The van der Waals surface area contributed by atoms with E-state index in [9.17, 15) is 19.5 Å². The van der Waals surface area contributed by atoms with Crippen LogP contribution in [0.15, 0.2) is 48.5 Å². The predicted molar refractivity (Wildman–Crippen MR) is 122 cm³/mol. The molecule has 1 heterocycles. The van der Waals surface area contributed by atoms with Gasteiger partial charge in [0.1, 0.15) is 6.61 Å². The van der Waals surface area contributed by atoms with E-state index in [1.807, 2.05) is 36.4 Å². The molecule has 34 heavy (non-hydrogen) atoms. The van der Waals surface area contributed by atoms with Crippen LogP contribution in [0.3, 0.4) is 0 Å². The standard InChI is InChI=1S/C25H28N2O7/c1-25(32,10-22(28)29)14-26-23(30)20-11-33-13-21(20)27-24(31)34-12-19-17-8-4-2-6-15(17)16-7-3-5-9-18(16)19/h2-9,19-21,32H,10-14H2,1H3,(H,26,30)(H,27,31)(H,28,29). The Morgan fingerprint density at radius 1 is 1.06 bits per heavy atom. The minimum atomic E-state index is -1.59. The SMILES string of the molecule is CC(O)(CNC(=O)C1COCC1NC(=O)OCC1c2ccccc2-c2ccccc21)CC(=O)O. The van der Waals surface area contributed by atoms with Crippen molar-refractivity contribution < 1.29 is 34.1 Å². The summed E-state index contributed by atoms with van der Waals surface area (Å²) in [5, 5.41) is 24.2. The van der Waals surface area contributed by atoms with Crippen molar-refractivity contribution in [1.82, 2.24) is 10.6 Å². The fourth-order valence-electron chi connectivity index (χ4n) is 4.54. The third kappa shape index (κ3) is 5.21. The van der Waals surface area contributed by atoms with Crippen molar-refractivity contribution in [3.8, 4) is 11.1 Å². The number of carbonyl (C=O) groups is 3. The molecule has 1 fully saturated rings. The van der Waals surface area contributed by atoms with E-state index in [1.54, 1.807) is 0 Å². The molecule has 2 aromatic rings. The largest absolute Gasteiger partial charge is 0.481 e. The van der Waals surface area contributed by atoms with Crippen molar-refractivity contribution in [2.24, 2.45) is 5.92 Å². The number of hydrogen-bond acceptors (Lipinski definition) is 6. The van der Waals surface area contributed by atoms with Gasteiger partial charge in [-0.15, -0.1) is 0 Å². The number of ether oxygens (including phenoxy) is 2. The lowest BCUT2D eigenvalue weighted by atomic mass is 9.98. The second-order valence-electron chi connectivity index (χ2n) is 9.01. The van der Waals surface area contributed by atoms with Crippen molar-refractivity contribution in [3.05, 3.63) is 59.7 Å². The predicted octanol–water partition coefficient (Wildman–Crippen LogP) is 1.88. The molecular weight excluding hydrogens is 440 g/mol. The average molecular weight is 469 g/mol. The Morgan fingerprint density at radius 2 is 1.68 bits per heavy atom. The van der Waals surface area contributed by atoms with Gasteiger partial charge in [-0.2, -0.15) is 0 Å². The van der Waals surface area contributed by atoms with E-state index in [2.05, 4.69) is 22.8 Å².